The fraction of sp³-hybridized carbons (Fsp3) is 0.535. The largest absolute Gasteiger partial charge is 0.514 e. The summed E-state index contributed by atoms with van der Waals surface area (Å²) >= 11 is 0. The number of esters is 1. The van der Waals surface area contributed by atoms with E-state index in [0.29, 0.717) is 32.1 Å². The fourth-order valence-corrected chi connectivity index (χ4v) is 13.1. The molecular weight excluding hydrogens is 1310 g/mol. The van der Waals surface area contributed by atoms with Gasteiger partial charge in [-0.25, -0.2) is 19.2 Å². The molecule has 4 aliphatic rings. The van der Waals surface area contributed by atoms with Crippen LogP contribution in [0, 0.1) is 59.9 Å². The van der Waals surface area contributed by atoms with Gasteiger partial charge < -0.3 is 62.1 Å². The third-order valence-electron chi connectivity index (χ3n) is 18.5. The van der Waals surface area contributed by atoms with Crippen LogP contribution < -0.4 is 14.2 Å². The van der Waals surface area contributed by atoms with Crippen LogP contribution in [0.4, 0.5) is 31.4 Å². The summed E-state index contributed by atoms with van der Waals surface area (Å²) < 4.78 is 64.6. The zero-order chi connectivity index (χ0) is 73.0. The van der Waals surface area contributed by atoms with Gasteiger partial charge in [-0.1, -0.05) is 64.2 Å². The van der Waals surface area contributed by atoms with Crippen molar-refractivity contribution in [1.29, 1.82) is 0 Å². The molecule has 2 saturated heterocycles. The van der Waals surface area contributed by atoms with Crippen LogP contribution in [0.5, 0.6) is 17.2 Å². The molecule has 1 amide bonds. The maximum absolute atomic E-state index is 15.2. The number of ketones is 2. The first kappa shape index (κ1) is 78.1. The average molecular weight is 1400 g/mol. The van der Waals surface area contributed by atoms with E-state index in [4.69, 9.17) is 52.1 Å². The summed E-state index contributed by atoms with van der Waals surface area (Å²) in [6.45, 7) is 10.3. The molecule has 0 aromatic heterocycles. The van der Waals surface area contributed by atoms with E-state index in [1.807, 2.05) is 32.1 Å². The van der Waals surface area contributed by atoms with Gasteiger partial charge in [-0.3, -0.25) is 44.7 Å². The van der Waals surface area contributed by atoms with Gasteiger partial charge in [-0.2, -0.15) is 0 Å². The van der Waals surface area contributed by atoms with Crippen LogP contribution in [-0.2, 0) is 57.1 Å². The molecule has 3 fully saturated rings. The Morgan fingerprint density at radius 3 is 1.73 bits per heavy atom. The standard InChI is InChI=1S/C71H88N4O25/c1-42-16-11-10-12-17-43(2)58(90-7)40-55-18-15-34-71(83,100-55)65(77)66(78)72-35-14-13-19-56(72)67(79)96-59(45(4)38-48-20-33-57(61(39-48)91-8)97-68(80)93-52-27-21-49(22-28-52)73(84)85)41-60(98-69(81)94-53-29-23-50(24-30-53)74(86)87)44(3)37-47(6)63(64(92-9)62(76)46(5)36-42)99-70(82)95-54-31-25-51(26-32-54)75(88)89/h10-12,16-17,21-32,37,42,44-46,48,55-61,63-64,83H,13-15,18-20,33-36,38-41H2,1-9H3/b12-10?,16-11+,43-17?,47-37+/t42-,44-,45-,46-,48+,55+,56+,57-,58+,59+,60-,61-,63-,64+,71-/m1/s1. The first-order valence-corrected chi connectivity index (χ1v) is 33.3. The van der Waals surface area contributed by atoms with Crippen LogP contribution >= 0.6 is 0 Å². The average Bonchev–Trinajstić information content (AvgIpc) is 0.788. The normalized spacial score (nSPS) is 29.0. The van der Waals surface area contributed by atoms with E-state index in [-0.39, 0.29) is 110 Å². The lowest BCUT2D eigenvalue weighted by molar-refractivity contribution is -0.385. The number of allylic oxidation sites excluding steroid dienone is 5. The highest BCUT2D eigenvalue weighted by Gasteiger charge is 2.50. The Kier molecular flexibility index (Phi) is 28.6. The number of hydrogen-bond donors (Lipinski definition) is 1. The second kappa shape index (κ2) is 36.7. The van der Waals surface area contributed by atoms with Gasteiger partial charge in [-0.15, -0.1) is 0 Å². The van der Waals surface area contributed by atoms with E-state index < -0.39 is 135 Å². The van der Waals surface area contributed by atoms with Crippen LogP contribution in [0.1, 0.15) is 125 Å². The number of methoxy groups -OCH3 is 3. The number of fused-ring (bicyclic) bond motifs is 3. The fourth-order valence-electron chi connectivity index (χ4n) is 13.1. The summed E-state index contributed by atoms with van der Waals surface area (Å²) in [5.74, 6) is -9.62. The number of nitrogens with zero attached hydrogens (tertiary/aromatic N) is 4. The maximum atomic E-state index is 15.2. The molecule has 542 valence electrons. The molecule has 7 rings (SSSR count). The number of amides is 1. The Hall–Kier alpha value is -9.29. The second-order valence-electron chi connectivity index (χ2n) is 25.9. The number of ether oxygens (including phenoxy) is 11. The van der Waals surface area contributed by atoms with Crippen molar-refractivity contribution in [3.05, 3.63) is 151 Å². The topological polar surface area (TPSA) is 374 Å². The summed E-state index contributed by atoms with van der Waals surface area (Å²) in [6.07, 6.45) is 1.11. The van der Waals surface area contributed by atoms with Gasteiger partial charge >= 0.3 is 24.4 Å². The molecule has 2 bridgehead atoms. The SMILES string of the molecule is CO[C@H]1C[C@@H]2CCC[C@@](O)(O2)C(=O)C(=O)N2CCCC[C@H]2C(=O)O[C@H]([C@H](C)C[C@@H]2CC[C@@H](OC(=O)Oc3ccc([N+](=O)[O-])cc3)[C@H](OC)C2)C[C@@H](OC(=O)Oc2ccc([N+](=O)[O-])cc2)[C@H](C)/C=C(\C)[C@@H](OC(=O)Oc2ccc([N+](=O)[O-])cc2)[C@@H](OC)C(=O)[C@H](C)C[C@H](C)/C=C/C=CC=C1C. The van der Waals surface area contributed by atoms with E-state index in [2.05, 4.69) is 0 Å². The van der Waals surface area contributed by atoms with Crippen LogP contribution in [0.3, 0.4) is 0 Å². The summed E-state index contributed by atoms with van der Waals surface area (Å²) in [5, 5.41) is 46.3. The summed E-state index contributed by atoms with van der Waals surface area (Å²) in [7, 11) is 4.20. The summed E-state index contributed by atoms with van der Waals surface area (Å²) in [4.78, 5) is 134. The van der Waals surface area contributed by atoms with E-state index in [1.165, 1.54) is 82.9 Å². The highest BCUT2D eigenvalue weighted by atomic mass is 16.7. The molecular formula is C71H88N4O25. The number of rotatable bonds is 15. The molecule has 29 nitrogen and oxygen atoms in total. The summed E-state index contributed by atoms with van der Waals surface area (Å²) in [6, 6.07) is 12.6. The van der Waals surface area contributed by atoms with E-state index in [1.54, 1.807) is 32.9 Å². The van der Waals surface area contributed by atoms with Crippen LogP contribution in [0.2, 0.25) is 0 Å². The minimum atomic E-state index is -2.56. The number of benzene rings is 3. The first-order chi connectivity index (χ1) is 47.6. The van der Waals surface area contributed by atoms with Crippen molar-refractivity contribution in [2.75, 3.05) is 27.9 Å². The Morgan fingerprint density at radius 2 is 1.19 bits per heavy atom. The van der Waals surface area contributed by atoms with Gasteiger partial charge in [0.2, 0.25) is 5.79 Å². The van der Waals surface area contributed by atoms with Gasteiger partial charge in [0, 0.05) is 95.4 Å². The molecule has 0 radical (unpaired) electrons. The lowest BCUT2D eigenvalue weighted by atomic mass is 9.78. The highest BCUT2D eigenvalue weighted by Crippen LogP contribution is 2.38. The number of nitro groups is 3. The minimum absolute atomic E-state index is 0.00250. The second-order valence-corrected chi connectivity index (χ2v) is 25.9. The Morgan fingerprint density at radius 1 is 0.630 bits per heavy atom. The van der Waals surface area contributed by atoms with Gasteiger partial charge in [-0.05, 0) is 143 Å². The first-order valence-electron chi connectivity index (χ1n) is 33.3. The third-order valence-corrected chi connectivity index (χ3v) is 18.5. The number of non-ortho nitro benzene ring substituents is 3. The molecule has 1 aliphatic carbocycles. The predicted octanol–water partition coefficient (Wildman–Crippen LogP) is 12.1. The maximum Gasteiger partial charge on any atom is 0.514 e. The molecule has 100 heavy (non-hydrogen) atoms. The number of hydrogen-bond acceptors (Lipinski definition) is 25. The van der Waals surface area contributed by atoms with Gasteiger partial charge in [0.25, 0.3) is 28.8 Å². The molecule has 0 unspecified atom stereocenters. The van der Waals surface area contributed by atoms with E-state index >= 15 is 4.79 Å². The number of Topliss-reactive ketones (excluding diaryl/α,β-unsaturated/α-hetero) is 2. The Bertz CT molecular complexity index is 3500. The highest BCUT2D eigenvalue weighted by molar-refractivity contribution is 6.39. The van der Waals surface area contributed by atoms with Crippen molar-refractivity contribution >= 4 is 59.0 Å². The molecule has 3 heterocycles. The van der Waals surface area contributed by atoms with Crippen LogP contribution in [0.25, 0.3) is 0 Å². The molecule has 1 N–H and O–H groups in total. The lowest BCUT2D eigenvalue weighted by Crippen LogP contribution is -2.58. The quantitative estimate of drug-likeness (QED) is 0.0281. The molecule has 3 aromatic rings. The zero-order valence-electron chi connectivity index (χ0n) is 57.4. The monoisotopic (exact) mass is 1400 g/mol. The van der Waals surface area contributed by atoms with Crippen molar-refractivity contribution in [1.82, 2.24) is 4.90 Å². The molecule has 29 heteroatoms. The van der Waals surface area contributed by atoms with E-state index in [9.17, 15) is 64.2 Å². The number of aliphatic hydroxyl groups is 1. The molecule has 1 saturated carbocycles. The zero-order valence-corrected chi connectivity index (χ0v) is 57.4. The minimum Gasteiger partial charge on any atom is -0.460 e. The number of nitro benzene ring substituents is 3. The predicted molar refractivity (Wildman–Crippen MR) is 356 cm³/mol. The number of carbonyl (C=O) groups excluding carboxylic acids is 7. The van der Waals surface area contributed by atoms with Crippen LogP contribution in [-0.4, -0.2) is 155 Å². The van der Waals surface area contributed by atoms with E-state index in [0.717, 1.165) is 34.7 Å². The Labute approximate surface area is 578 Å². The van der Waals surface area contributed by atoms with Crippen molar-refractivity contribution in [2.45, 2.75) is 186 Å². The number of piperidine rings is 1. The number of cyclic esters (lactones) is 1. The third kappa shape index (κ3) is 21.9. The Balaban J connectivity index is 1.29. The van der Waals surface area contributed by atoms with Crippen molar-refractivity contribution < 1.29 is 106 Å². The van der Waals surface area contributed by atoms with Crippen molar-refractivity contribution in [2.24, 2.45) is 29.6 Å². The molecule has 15 atom stereocenters. The lowest BCUT2D eigenvalue weighted by Gasteiger charge is -2.40. The van der Waals surface area contributed by atoms with Crippen LogP contribution in [0.15, 0.2) is 120 Å². The molecule has 3 aliphatic heterocycles. The van der Waals surface area contributed by atoms with Gasteiger partial charge in [0.1, 0.15) is 41.6 Å². The summed E-state index contributed by atoms with van der Waals surface area (Å²) in [5.41, 5.74) is 0.108. The van der Waals surface area contributed by atoms with Gasteiger partial charge in [0.05, 0.1) is 33.1 Å². The number of carbonyl (C=O) groups is 7. The van der Waals surface area contributed by atoms with Crippen molar-refractivity contribution in [3.63, 3.8) is 0 Å². The smallest absolute Gasteiger partial charge is 0.460 e. The molecule has 0 spiro atoms. The molecule has 3 aromatic carbocycles. The van der Waals surface area contributed by atoms with Gasteiger partial charge in [0.15, 0.2) is 18.0 Å². The van der Waals surface area contributed by atoms with Crippen molar-refractivity contribution in [3.8, 4) is 17.2 Å².